The van der Waals surface area contributed by atoms with E-state index in [4.69, 9.17) is 4.74 Å². The molecule has 0 amide bonds. The molecule has 1 aliphatic carbocycles. The molecule has 1 aliphatic rings. The first-order chi connectivity index (χ1) is 7.33. The van der Waals surface area contributed by atoms with E-state index >= 15 is 0 Å². The Kier molecular flexibility index (Phi) is 3.59. The highest BCUT2D eigenvalue weighted by Gasteiger charge is 2.27. The van der Waals surface area contributed by atoms with Crippen LogP contribution in [-0.2, 0) is 11.2 Å². The highest BCUT2D eigenvalue weighted by molar-refractivity contribution is 7.13. The summed E-state index contributed by atoms with van der Waals surface area (Å²) < 4.78 is 5.44. The minimum Gasteiger partial charge on any atom is -0.379 e. The van der Waals surface area contributed by atoms with Crippen molar-refractivity contribution < 1.29 is 4.74 Å². The fourth-order valence-corrected chi connectivity index (χ4v) is 2.92. The molecule has 2 unspecified atom stereocenters. The van der Waals surface area contributed by atoms with Gasteiger partial charge in [0, 0.05) is 12.5 Å². The molecule has 0 spiro atoms. The Labute approximate surface area is 94.9 Å². The fourth-order valence-electron chi connectivity index (χ4n) is 2.07. The summed E-state index contributed by atoms with van der Waals surface area (Å²) in [6.07, 6.45) is 4.98. The number of ether oxygens (including phenoxy) is 1. The van der Waals surface area contributed by atoms with E-state index in [2.05, 4.69) is 22.6 Å². The molecule has 0 radical (unpaired) electrons. The predicted octanol–water partition coefficient (Wildman–Crippen LogP) is 2.68. The summed E-state index contributed by atoms with van der Waals surface area (Å²) in [7, 11) is 1.80. The maximum atomic E-state index is 5.44. The van der Waals surface area contributed by atoms with Crippen molar-refractivity contribution in [1.29, 1.82) is 0 Å². The van der Waals surface area contributed by atoms with E-state index < -0.39 is 0 Å². The third-order valence-electron chi connectivity index (χ3n) is 2.98. The number of nitrogens with zero attached hydrogens (tertiary/aromatic N) is 1. The molecule has 0 saturated heterocycles. The lowest BCUT2D eigenvalue weighted by atomic mass is 10.2. The van der Waals surface area contributed by atoms with Gasteiger partial charge in [0.05, 0.1) is 17.8 Å². The number of aryl methyl sites for hydroxylation is 1. The van der Waals surface area contributed by atoms with Crippen LogP contribution in [0, 0.1) is 0 Å². The predicted molar refractivity (Wildman–Crippen MR) is 63.6 cm³/mol. The normalized spacial score (nSPS) is 25.7. The van der Waals surface area contributed by atoms with Gasteiger partial charge in [-0.25, -0.2) is 4.98 Å². The molecule has 1 fully saturated rings. The number of hydrogen-bond donors (Lipinski definition) is 1. The van der Waals surface area contributed by atoms with Crippen molar-refractivity contribution in [1.82, 2.24) is 4.98 Å². The molecule has 84 valence electrons. The largest absolute Gasteiger partial charge is 0.379 e. The lowest BCUT2D eigenvalue weighted by Gasteiger charge is -2.18. The lowest BCUT2D eigenvalue weighted by Crippen LogP contribution is -2.29. The summed E-state index contributed by atoms with van der Waals surface area (Å²) >= 11 is 1.70. The van der Waals surface area contributed by atoms with Crippen LogP contribution in [0.4, 0.5) is 5.13 Å². The van der Waals surface area contributed by atoms with E-state index in [-0.39, 0.29) is 0 Å². The van der Waals surface area contributed by atoms with Crippen molar-refractivity contribution in [2.45, 2.75) is 44.8 Å². The second-order valence-electron chi connectivity index (χ2n) is 3.95. The van der Waals surface area contributed by atoms with Gasteiger partial charge in [-0.2, -0.15) is 0 Å². The van der Waals surface area contributed by atoms with Crippen LogP contribution in [0.15, 0.2) is 5.38 Å². The number of methoxy groups -OCH3 is 1. The van der Waals surface area contributed by atoms with Gasteiger partial charge in [0.2, 0.25) is 0 Å². The number of thiazole rings is 1. The van der Waals surface area contributed by atoms with E-state index in [9.17, 15) is 0 Å². The smallest absolute Gasteiger partial charge is 0.183 e. The standard InChI is InChI=1S/C11H18N2OS/c1-3-8-7-15-11(12-8)13-9-5-4-6-10(9)14-2/h7,9-10H,3-6H2,1-2H3,(H,12,13). The summed E-state index contributed by atoms with van der Waals surface area (Å²) in [4.78, 5) is 4.51. The minimum absolute atomic E-state index is 0.360. The van der Waals surface area contributed by atoms with Crippen LogP contribution in [-0.4, -0.2) is 24.2 Å². The number of anilines is 1. The molecule has 0 aromatic carbocycles. The molecule has 4 heteroatoms. The summed E-state index contributed by atoms with van der Waals surface area (Å²) in [6, 6.07) is 0.450. The van der Waals surface area contributed by atoms with E-state index in [1.807, 2.05) is 0 Å². The van der Waals surface area contributed by atoms with Gasteiger partial charge in [-0.3, -0.25) is 0 Å². The zero-order valence-electron chi connectivity index (χ0n) is 9.32. The molecule has 1 aromatic heterocycles. The first-order valence-electron chi connectivity index (χ1n) is 5.57. The zero-order valence-corrected chi connectivity index (χ0v) is 10.1. The Hall–Kier alpha value is -0.610. The summed E-state index contributed by atoms with van der Waals surface area (Å²) in [5, 5.41) is 6.65. The Morgan fingerprint density at radius 2 is 2.47 bits per heavy atom. The molecule has 2 rings (SSSR count). The average Bonchev–Trinajstić information content (AvgIpc) is 2.87. The summed E-state index contributed by atoms with van der Waals surface area (Å²) in [5.41, 5.74) is 1.18. The van der Waals surface area contributed by atoms with E-state index in [0.29, 0.717) is 12.1 Å². The minimum atomic E-state index is 0.360. The summed E-state index contributed by atoms with van der Waals surface area (Å²) in [5.74, 6) is 0. The number of nitrogens with one attached hydrogen (secondary N) is 1. The van der Waals surface area contributed by atoms with Crippen LogP contribution >= 0.6 is 11.3 Å². The molecule has 1 aromatic rings. The third kappa shape index (κ3) is 2.49. The highest BCUT2D eigenvalue weighted by atomic mass is 32.1. The lowest BCUT2D eigenvalue weighted by molar-refractivity contribution is 0.101. The van der Waals surface area contributed by atoms with Crippen molar-refractivity contribution >= 4 is 16.5 Å². The van der Waals surface area contributed by atoms with Crippen LogP contribution in [0.5, 0.6) is 0 Å². The zero-order chi connectivity index (χ0) is 10.7. The third-order valence-corrected chi connectivity index (χ3v) is 3.80. The van der Waals surface area contributed by atoms with Crippen LogP contribution in [0.25, 0.3) is 0 Å². The topological polar surface area (TPSA) is 34.1 Å². The molecule has 2 atom stereocenters. The van der Waals surface area contributed by atoms with Gasteiger partial charge in [-0.1, -0.05) is 6.92 Å². The fraction of sp³-hybridized carbons (Fsp3) is 0.727. The monoisotopic (exact) mass is 226 g/mol. The molecular weight excluding hydrogens is 208 g/mol. The van der Waals surface area contributed by atoms with Gasteiger partial charge >= 0.3 is 0 Å². The number of aromatic nitrogens is 1. The van der Waals surface area contributed by atoms with Crippen molar-refractivity contribution in [3.05, 3.63) is 11.1 Å². The van der Waals surface area contributed by atoms with Gasteiger partial charge in [0.15, 0.2) is 5.13 Å². The maximum absolute atomic E-state index is 5.44. The number of rotatable bonds is 4. The molecule has 0 bridgehead atoms. The van der Waals surface area contributed by atoms with Gasteiger partial charge in [-0.05, 0) is 25.7 Å². The SMILES string of the molecule is CCc1csc(NC2CCCC2OC)n1. The van der Waals surface area contributed by atoms with Gasteiger partial charge in [-0.15, -0.1) is 11.3 Å². The van der Waals surface area contributed by atoms with E-state index in [1.165, 1.54) is 25.0 Å². The van der Waals surface area contributed by atoms with Crippen molar-refractivity contribution in [2.24, 2.45) is 0 Å². The first kappa shape index (κ1) is 10.9. The molecule has 0 aliphatic heterocycles. The van der Waals surface area contributed by atoms with Crippen molar-refractivity contribution in [3.63, 3.8) is 0 Å². The highest BCUT2D eigenvalue weighted by Crippen LogP contribution is 2.26. The van der Waals surface area contributed by atoms with Gasteiger partial charge < -0.3 is 10.1 Å². The second kappa shape index (κ2) is 4.94. The maximum Gasteiger partial charge on any atom is 0.183 e. The number of hydrogen-bond acceptors (Lipinski definition) is 4. The molecule has 1 heterocycles. The summed E-state index contributed by atoms with van der Waals surface area (Å²) in [6.45, 7) is 2.13. The molecule has 1 saturated carbocycles. The Morgan fingerprint density at radius 3 is 3.13 bits per heavy atom. The second-order valence-corrected chi connectivity index (χ2v) is 4.81. The molecule has 15 heavy (non-hydrogen) atoms. The van der Waals surface area contributed by atoms with E-state index in [1.54, 1.807) is 18.4 Å². The molecule has 1 N–H and O–H groups in total. The van der Waals surface area contributed by atoms with Crippen LogP contribution < -0.4 is 5.32 Å². The Bertz CT molecular complexity index is 313. The molecule has 3 nitrogen and oxygen atoms in total. The van der Waals surface area contributed by atoms with Crippen molar-refractivity contribution in [3.8, 4) is 0 Å². The first-order valence-corrected chi connectivity index (χ1v) is 6.45. The average molecular weight is 226 g/mol. The molecular formula is C11H18N2OS. The van der Waals surface area contributed by atoms with Gasteiger partial charge in [0.1, 0.15) is 0 Å². The van der Waals surface area contributed by atoms with E-state index in [0.717, 1.165) is 11.6 Å². The van der Waals surface area contributed by atoms with Gasteiger partial charge in [0.25, 0.3) is 0 Å². The van der Waals surface area contributed by atoms with Crippen LogP contribution in [0.3, 0.4) is 0 Å². The van der Waals surface area contributed by atoms with Crippen molar-refractivity contribution in [2.75, 3.05) is 12.4 Å². The Morgan fingerprint density at radius 1 is 1.60 bits per heavy atom. The van der Waals surface area contributed by atoms with Crippen LogP contribution in [0.2, 0.25) is 0 Å². The Balaban J connectivity index is 1.95. The quantitative estimate of drug-likeness (QED) is 0.857. The van der Waals surface area contributed by atoms with Crippen LogP contribution in [0.1, 0.15) is 31.9 Å².